The van der Waals surface area contributed by atoms with Gasteiger partial charge in [0, 0.05) is 12.0 Å². The first-order chi connectivity index (χ1) is 5.95. The summed E-state index contributed by atoms with van der Waals surface area (Å²) in [6, 6.07) is 0. The molecule has 13 heavy (non-hydrogen) atoms. The fourth-order valence-corrected chi connectivity index (χ4v) is 0.609. The van der Waals surface area contributed by atoms with E-state index in [0.717, 1.165) is 0 Å². The Hall–Kier alpha value is -0.540. The maximum atomic E-state index is 10.8. The SMILES string of the molecule is C=C(C)C(=O)OC[CH]C(Cl)C(C)O. The lowest BCUT2D eigenvalue weighted by Crippen LogP contribution is -2.20. The van der Waals surface area contributed by atoms with Crippen LogP contribution >= 0.6 is 11.6 Å². The third-order valence-electron chi connectivity index (χ3n) is 1.35. The summed E-state index contributed by atoms with van der Waals surface area (Å²) in [6.45, 7) is 6.63. The number of esters is 1. The molecule has 0 aliphatic heterocycles. The molecule has 0 aromatic rings. The van der Waals surface area contributed by atoms with Crippen molar-refractivity contribution in [3.63, 3.8) is 0 Å². The van der Waals surface area contributed by atoms with Crippen LogP contribution in [-0.4, -0.2) is 29.2 Å². The first-order valence-corrected chi connectivity index (χ1v) is 4.37. The van der Waals surface area contributed by atoms with Gasteiger partial charge >= 0.3 is 5.97 Å². The van der Waals surface area contributed by atoms with Crippen LogP contribution in [0.25, 0.3) is 0 Å². The number of halogens is 1. The average molecular weight is 206 g/mol. The number of carbonyl (C=O) groups is 1. The van der Waals surface area contributed by atoms with Crippen molar-refractivity contribution in [1.82, 2.24) is 0 Å². The van der Waals surface area contributed by atoms with E-state index in [-0.39, 0.29) is 6.61 Å². The molecule has 0 rings (SSSR count). The highest BCUT2D eigenvalue weighted by atomic mass is 35.5. The van der Waals surface area contributed by atoms with Crippen LogP contribution in [0.3, 0.4) is 0 Å². The molecule has 2 atom stereocenters. The van der Waals surface area contributed by atoms with Crippen LogP contribution in [0.5, 0.6) is 0 Å². The van der Waals surface area contributed by atoms with Gasteiger partial charge in [-0.3, -0.25) is 0 Å². The summed E-state index contributed by atoms with van der Waals surface area (Å²) in [5.74, 6) is -0.453. The Morgan fingerprint density at radius 1 is 1.77 bits per heavy atom. The zero-order chi connectivity index (χ0) is 10.4. The first kappa shape index (κ1) is 12.5. The van der Waals surface area contributed by atoms with Gasteiger partial charge in [0.25, 0.3) is 0 Å². The van der Waals surface area contributed by atoms with Gasteiger partial charge in [0.1, 0.15) is 0 Å². The fourth-order valence-electron chi connectivity index (χ4n) is 0.536. The normalized spacial score (nSPS) is 14.8. The van der Waals surface area contributed by atoms with E-state index in [1.165, 1.54) is 6.42 Å². The molecule has 0 aliphatic carbocycles. The Labute approximate surface area is 83.3 Å². The number of hydrogen-bond donors (Lipinski definition) is 1. The van der Waals surface area contributed by atoms with E-state index in [0.29, 0.717) is 5.57 Å². The third-order valence-corrected chi connectivity index (χ3v) is 1.89. The van der Waals surface area contributed by atoms with Gasteiger partial charge in [-0.25, -0.2) is 4.79 Å². The van der Waals surface area contributed by atoms with Crippen molar-refractivity contribution < 1.29 is 14.6 Å². The first-order valence-electron chi connectivity index (χ1n) is 3.93. The highest BCUT2D eigenvalue weighted by molar-refractivity contribution is 6.21. The van der Waals surface area contributed by atoms with Gasteiger partial charge in [0.05, 0.1) is 18.1 Å². The van der Waals surface area contributed by atoms with Crippen LogP contribution in [0.15, 0.2) is 12.2 Å². The molecule has 0 aromatic carbocycles. The molecule has 0 saturated carbocycles. The standard InChI is InChI=1S/C9H14ClO3/c1-6(2)9(12)13-5-4-8(10)7(3)11/h4,7-8,11H,1,5H2,2-3H3. The maximum absolute atomic E-state index is 10.8. The van der Waals surface area contributed by atoms with Crippen molar-refractivity contribution >= 4 is 17.6 Å². The van der Waals surface area contributed by atoms with Crippen LogP contribution in [0.1, 0.15) is 13.8 Å². The second-order valence-electron chi connectivity index (χ2n) is 2.80. The molecule has 1 radical (unpaired) electrons. The fraction of sp³-hybridized carbons (Fsp3) is 0.556. The number of alkyl halides is 1. The highest BCUT2D eigenvalue weighted by Crippen LogP contribution is 2.06. The molecule has 0 aromatic heterocycles. The van der Waals surface area contributed by atoms with Gasteiger partial charge in [-0.15, -0.1) is 11.6 Å². The van der Waals surface area contributed by atoms with Crippen molar-refractivity contribution in [2.45, 2.75) is 25.3 Å². The molecule has 0 heterocycles. The average Bonchev–Trinajstić information content (AvgIpc) is 2.03. The van der Waals surface area contributed by atoms with Crippen molar-refractivity contribution in [2.75, 3.05) is 6.61 Å². The van der Waals surface area contributed by atoms with Gasteiger partial charge < -0.3 is 9.84 Å². The van der Waals surface area contributed by atoms with E-state index in [1.54, 1.807) is 13.8 Å². The second-order valence-corrected chi connectivity index (χ2v) is 3.30. The number of carbonyl (C=O) groups excluding carboxylic acids is 1. The molecule has 2 unspecified atom stereocenters. The third kappa shape index (κ3) is 5.66. The van der Waals surface area contributed by atoms with Crippen LogP contribution in [0.2, 0.25) is 0 Å². The van der Waals surface area contributed by atoms with E-state index < -0.39 is 17.5 Å². The molecule has 0 fully saturated rings. The summed E-state index contributed by atoms with van der Waals surface area (Å²) in [5.41, 5.74) is 0.344. The van der Waals surface area contributed by atoms with Gasteiger partial charge in [0.2, 0.25) is 0 Å². The summed E-state index contributed by atoms with van der Waals surface area (Å²) < 4.78 is 4.73. The Kier molecular flexibility index (Phi) is 5.75. The summed E-state index contributed by atoms with van der Waals surface area (Å²) in [5, 5.41) is 8.47. The van der Waals surface area contributed by atoms with E-state index in [2.05, 4.69) is 6.58 Å². The Balaban J connectivity index is 3.56. The molecule has 0 bridgehead atoms. The molecule has 3 nitrogen and oxygen atoms in total. The van der Waals surface area contributed by atoms with Crippen LogP contribution in [0.4, 0.5) is 0 Å². The van der Waals surface area contributed by atoms with Crippen molar-refractivity contribution in [3.05, 3.63) is 18.6 Å². The number of aliphatic hydroxyl groups is 1. The molecule has 0 amide bonds. The van der Waals surface area contributed by atoms with Crippen molar-refractivity contribution in [1.29, 1.82) is 0 Å². The van der Waals surface area contributed by atoms with Gasteiger partial charge in [-0.05, 0) is 13.8 Å². The molecule has 0 spiro atoms. The predicted octanol–water partition coefficient (Wildman–Crippen LogP) is 1.30. The summed E-state index contributed by atoms with van der Waals surface area (Å²) in [6.07, 6.45) is 0.873. The van der Waals surface area contributed by atoms with Gasteiger partial charge in [-0.1, -0.05) is 6.58 Å². The lowest BCUT2D eigenvalue weighted by molar-refractivity contribution is -0.138. The Bertz CT molecular complexity index is 189. The predicted molar refractivity (Wildman–Crippen MR) is 51.4 cm³/mol. The molecular weight excluding hydrogens is 192 g/mol. The van der Waals surface area contributed by atoms with Crippen LogP contribution in [-0.2, 0) is 9.53 Å². The quantitative estimate of drug-likeness (QED) is 0.418. The van der Waals surface area contributed by atoms with Gasteiger partial charge in [-0.2, -0.15) is 0 Å². The van der Waals surface area contributed by atoms with Crippen LogP contribution < -0.4 is 0 Å². The second kappa shape index (κ2) is 6.00. The molecule has 1 N–H and O–H groups in total. The minimum absolute atomic E-state index is 0.0881. The monoisotopic (exact) mass is 205 g/mol. The Morgan fingerprint density at radius 3 is 2.69 bits per heavy atom. The Morgan fingerprint density at radius 2 is 2.31 bits per heavy atom. The van der Waals surface area contributed by atoms with E-state index in [4.69, 9.17) is 21.4 Å². The zero-order valence-corrected chi connectivity index (χ0v) is 8.54. The minimum atomic E-state index is -0.648. The zero-order valence-electron chi connectivity index (χ0n) is 7.79. The van der Waals surface area contributed by atoms with E-state index in [1.807, 2.05) is 0 Å². The highest BCUT2D eigenvalue weighted by Gasteiger charge is 2.12. The summed E-state index contributed by atoms with van der Waals surface area (Å²) in [7, 11) is 0. The molecule has 0 aliphatic rings. The molecule has 75 valence electrons. The number of hydrogen-bond acceptors (Lipinski definition) is 3. The van der Waals surface area contributed by atoms with Crippen molar-refractivity contribution in [2.24, 2.45) is 0 Å². The number of rotatable bonds is 5. The lowest BCUT2D eigenvalue weighted by Gasteiger charge is -2.11. The number of aliphatic hydroxyl groups excluding tert-OH is 1. The van der Waals surface area contributed by atoms with Crippen molar-refractivity contribution in [3.8, 4) is 0 Å². The summed E-state index contributed by atoms with van der Waals surface area (Å²) >= 11 is 5.66. The molecule has 0 saturated heterocycles. The van der Waals surface area contributed by atoms with E-state index in [9.17, 15) is 4.79 Å². The van der Waals surface area contributed by atoms with Crippen LogP contribution in [0, 0.1) is 6.42 Å². The molecular formula is C9H14ClO3. The minimum Gasteiger partial charge on any atom is -0.462 e. The lowest BCUT2D eigenvalue weighted by atomic mass is 10.2. The molecule has 4 heteroatoms. The number of ether oxygens (including phenoxy) is 1. The van der Waals surface area contributed by atoms with Gasteiger partial charge in [0.15, 0.2) is 0 Å². The largest absolute Gasteiger partial charge is 0.462 e. The summed E-state index contributed by atoms with van der Waals surface area (Å²) in [4.78, 5) is 10.8. The van der Waals surface area contributed by atoms with E-state index >= 15 is 0 Å². The topological polar surface area (TPSA) is 46.5 Å². The smallest absolute Gasteiger partial charge is 0.333 e. The maximum Gasteiger partial charge on any atom is 0.333 e.